The Morgan fingerprint density at radius 1 is 1.35 bits per heavy atom. The molecule has 86 valence electrons. The minimum atomic E-state index is -0.184. The summed E-state index contributed by atoms with van der Waals surface area (Å²) in [4.78, 5) is 11.8. The summed E-state index contributed by atoms with van der Waals surface area (Å²) >= 11 is 0.965. The van der Waals surface area contributed by atoms with Crippen LogP contribution in [0.15, 0.2) is 35.3 Å². The molecule has 4 heteroatoms. The van der Waals surface area contributed by atoms with E-state index in [2.05, 4.69) is 13.2 Å². The number of hydrogen-bond acceptors (Lipinski definition) is 4. The van der Waals surface area contributed by atoms with Gasteiger partial charge in [-0.05, 0) is 34.9 Å². The topological polar surface area (TPSA) is 57.5 Å². The molecule has 0 radical (unpaired) electrons. The van der Waals surface area contributed by atoms with Crippen molar-refractivity contribution in [2.45, 2.75) is 0 Å². The minimum Gasteiger partial charge on any atom is -0.509 e. The summed E-state index contributed by atoms with van der Waals surface area (Å²) in [6.45, 7) is 7.23. The first kappa shape index (κ1) is 11.4. The lowest BCUT2D eigenvalue weighted by atomic mass is 10.1. The van der Waals surface area contributed by atoms with Crippen molar-refractivity contribution < 1.29 is 10.2 Å². The van der Waals surface area contributed by atoms with Crippen molar-refractivity contribution in [2.24, 2.45) is 0 Å². The molecular weight excluding hydrogens is 236 g/mol. The lowest BCUT2D eigenvalue weighted by molar-refractivity contribution is 0.444. The third kappa shape index (κ3) is 2.07. The molecule has 0 aliphatic rings. The maximum atomic E-state index is 11.8. The first-order valence-electron chi connectivity index (χ1n) is 4.83. The second kappa shape index (κ2) is 4.07. The van der Waals surface area contributed by atoms with Gasteiger partial charge in [0, 0.05) is 9.92 Å². The number of benzene rings is 1. The monoisotopic (exact) mass is 246 g/mol. The van der Waals surface area contributed by atoms with Crippen molar-refractivity contribution in [3.8, 4) is 5.75 Å². The van der Waals surface area contributed by atoms with Crippen molar-refractivity contribution in [1.82, 2.24) is 0 Å². The fourth-order valence-electron chi connectivity index (χ4n) is 1.58. The maximum absolute atomic E-state index is 11.8. The van der Waals surface area contributed by atoms with E-state index in [-0.39, 0.29) is 16.3 Å². The Hall–Kier alpha value is -2.07. The van der Waals surface area contributed by atoms with Gasteiger partial charge < -0.3 is 10.2 Å². The van der Waals surface area contributed by atoms with E-state index in [9.17, 15) is 9.90 Å². The Kier molecular flexibility index (Phi) is 2.73. The molecule has 0 aliphatic heterocycles. The highest BCUT2D eigenvalue weighted by molar-refractivity contribution is 7.07. The second-order valence-corrected chi connectivity index (χ2v) is 4.61. The number of phenolic OH excluding ortho intramolecular Hbond substituents is 1. The molecular formula is C13H10O3S. The van der Waals surface area contributed by atoms with E-state index in [0.29, 0.717) is 20.5 Å². The zero-order valence-corrected chi connectivity index (χ0v) is 9.75. The molecule has 1 aromatic carbocycles. The molecule has 0 saturated heterocycles. The molecule has 1 aromatic heterocycles. The van der Waals surface area contributed by atoms with Crippen LogP contribution in [0.25, 0.3) is 23.4 Å². The molecule has 0 aliphatic carbocycles. The third-order valence-electron chi connectivity index (χ3n) is 2.35. The number of allylic oxidation sites excluding steroid dienone is 1. The van der Waals surface area contributed by atoms with Crippen LogP contribution in [0, 0.1) is 0 Å². The molecule has 1 heterocycles. The van der Waals surface area contributed by atoms with Crippen LogP contribution >= 0.6 is 11.3 Å². The Bertz CT molecular complexity index is 772. The van der Waals surface area contributed by atoms with Crippen molar-refractivity contribution in [3.63, 3.8) is 0 Å². The Labute approximate surface area is 101 Å². The molecule has 17 heavy (non-hydrogen) atoms. The summed E-state index contributed by atoms with van der Waals surface area (Å²) in [6, 6.07) is 4.55. The smallest absolute Gasteiger partial charge is 0.240 e. The molecule has 2 rings (SSSR count). The average Bonchev–Trinajstić information content (AvgIpc) is 2.25. The van der Waals surface area contributed by atoms with Gasteiger partial charge in [0.25, 0.3) is 0 Å². The van der Waals surface area contributed by atoms with Gasteiger partial charge in [0.2, 0.25) is 4.74 Å². The fourth-order valence-corrected chi connectivity index (χ4v) is 2.49. The Morgan fingerprint density at radius 3 is 2.71 bits per heavy atom. The number of aromatic hydroxyl groups is 1. The third-order valence-corrected chi connectivity index (χ3v) is 3.34. The second-order valence-electron chi connectivity index (χ2n) is 3.60. The lowest BCUT2D eigenvalue weighted by Crippen LogP contribution is -2.25. The molecule has 0 unspecified atom stereocenters. The van der Waals surface area contributed by atoms with E-state index in [1.54, 1.807) is 6.07 Å². The molecule has 0 amide bonds. The van der Waals surface area contributed by atoms with Gasteiger partial charge >= 0.3 is 0 Å². The van der Waals surface area contributed by atoms with Crippen LogP contribution < -0.4 is 14.5 Å². The summed E-state index contributed by atoms with van der Waals surface area (Å²) in [5, 5.41) is 20.2. The van der Waals surface area contributed by atoms with Crippen LogP contribution in [0.5, 0.6) is 5.75 Å². The maximum Gasteiger partial charge on any atom is 0.240 e. The highest BCUT2D eigenvalue weighted by Crippen LogP contribution is 2.13. The number of aliphatic hydroxyl groups is 1. The van der Waals surface area contributed by atoms with E-state index in [4.69, 9.17) is 5.11 Å². The average molecular weight is 246 g/mol. The SMILES string of the molecule is C=C(O)/C=c1/sc(=O)c2cc(O)ccc2c1=C. The van der Waals surface area contributed by atoms with E-state index in [1.807, 2.05) is 0 Å². The quantitative estimate of drug-likeness (QED) is 0.744. The van der Waals surface area contributed by atoms with Gasteiger partial charge in [-0.15, -0.1) is 0 Å². The lowest BCUT2D eigenvalue weighted by Gasteiger charge is -1.98. The summed E-state index contributed by atoms with van der Waals surface area (Å²) in [5.41, 5.74) is 0. The first-order valence-corrected chi connectivity index (χ1v) is 5.65. The molecule has 2 aromatic rings. The van der Waals surface area contributed by atoms with Crippen LogP contribution in [0.2, 0.25) is 0 Å². The number of rotatable bonds is 1. The Balaban J connectivity index is 3.02. The minimum absolute atomic E-state index is 0.0458. The van der Waals surface area contributed by atoms with E-state index < -0.39 is 0 Å². The molecule has 0 saturated carbocycles. The first-order chi connectivity index (χ1) is 7.99. The number of aliphatic hydroxyl groups excluding tert-OH is 1. The highest BCUT2D eigenvalue weighted by Gasteiger charge is 2.02. The van der Waals surface area contributed by atoms with Crippen LogP contribution in [0.4, 0.5) is 0 Å². The van der Waals surface area contributed by atoms with Crippen LogP contribution in [0.3, 0.4) is 0 Å². The molecule has 0 atom stereocenters. The molecule has 0 fully saturated rings. The highest BCUT2D eigenvalue weighted by atomic mass is 32.1. The van der Waals surface area contributed by atoms with E-state index in [1.165, 1.54) is 18.2 Å². The zero-order chi connectivity index (χ0) is 12.6. The van der Waals surface area contributed by atoms with Crippen molar-refractivity contribution >= 4 is 34.8 Å². The van der Waals surface area contributed by atoms with E-state index >= 15 is 0 Å². The molecule has 0 bridgehead atoms. The summed E-state index contributed by atoms with van der Waals surface area (Å²) in [5.74, 6) is -0.0758. The van der Waals surface area contributed by atoms with Crippen LogP contribution in [-0.4, -0.2) is 10.2 Å². The summed E-state index contributed by atoms with van der Waals surface area (Å²) in [6.07, 6.45) is 1.40. The van der Waals surface area contributed by atoms with Crippen molar-refractivity contribution in [1.29, 1.82) is 0 Å². The predicted molar refractivity (Wildman–Crippen MR) is 70.8 cm³/mol. The summed E-state index contributed by atoms with van der Waals surface area (Å²) < 4.78 is 0.386. The fraction of sp³-hybridized carbons (Fsp3) is 0. The van der Waals surface area contributed by atoms with Gasteiger partial charge in [0.15, 0.2) is 0 Å². The van der Waals surface area contributed by atoms with Crippen molar-refractivity contribution in [3.05, 3.63) is 49.8 Å². The van der Waals surface area contributed by atoms with Crippen LogP contribution in [-0.2, 0) is 0 Å². The normalized spacial score (nSPS) is 11.9. The van der Waals surface area contributed by atoms with Gasteiger partial charge in [-0.3, -0.25) is 4.79 Å². The Morgan fingerprint density at radius 2 is 2.06 bits per heavy atom. The molecule has 3 nitrogen and oxygen atoms in total. The van der Waals surface area contributed by atoms with Gasteiger partial charge in [0.05, 0.1) is 0 Å². The summed E-state index contributed by atoms with van der Waals surface area (Å²) in [7, 11) is 0. The predicted octanol–water partition coefficient (Wildman–Crippen LogP) is 1.23. The number of phenols is 1. The van der Waals surface area contributed by atoms with Gasteiger partial charge in [-0.1, -0.05) is 24.5 Å². The largest absolute Gasteiger partial charge is 0.509 e. The number of fused-ring (bicyclic) bond motifs is 1. The van der Waals surface area contributed by atoms with E-state index in [0.717, 1.165) is 11.3 Å². The van der Waals surface area contributed by atoms with Crippen molar-refractivity contribution in [2.75, 3.05) is 0 Å². The standard InChI is InChI=1S/C13H10O3S/c1-7(14)5-12-8(2)10-4-3-9(15)6-11(10)13(16)17-12/h3-6,14-15H,1-2H2/b12-5+. The van der Waals surface area contributed by atoms with Gasteiger partial charge in [-0.2, -0.15) is 0 Å². The number of hydrogen-bond donors (Lipinski definition) is 2. The van der Waals surface area contributed by atoms with Gasteiger partial charge in [0.1, 0.15) is 11.5 Å². The van der Waals surface area contributed by atoms with Gasteiger partial charge in [-0.25, -0.2) is 0 Å². The zero-order valence-electron chi connectivity index (χ0n) is 8.93. The molecule has 2 N–H and O–H groups in total. The molecule has 0 spiro atoms. The van der Waals surface area contributed by atoms with Crippen LogP contribution in [0.1, 0.15) is 0 Å².